The molecule has 0 spiro atoms. The largest absolute Gasteiger partial charge is 0.341 e. The van der Waals surface area contributed by atoms with Gasteiger partial charge < -0.3 is 10.2 Å². The standard InChI is InChI=1S/C16H21N3O3S/c1-11-5-3-7-18(9-11)13(20)10-19-14(21)16(2,17-15(19)22)12-6-4-8-23-12/h4,6,8,11H,3,5,7,9-10H2,1-2H3,(H,17,22). The van der Waals surface area contributed by atoms with E-state index in [0.717, 1.165) is 22.6 Å². The van der Waals surface area contributed by atoms with Gasteiger partial charge in [0.05, 0.1) is 0 Å². The van der Waals surface area contributed by atoms with E-state index < -0.39 is 11.6 Å². The Morgan fingerprint density at radius 3 is 2.91 bits per heavy atom. The maximum Gasteiger partial charge on any atom is 0.325 e. The summed E-state index contributed by atoms with van der Waals surface area (Å²) in [5.41, 5.74) is -1.07. The van der Waals surface area contributed by atoms with E-state index in [9.17, 15) is 14.4 Å². The number of carbonyl (C=O) groups is 3. The molecule has 124 valence electrons. The summed E-state index contributed by atoms with van der Waals surface area (Å²) in [7, 11) is 0. The van der Waals surface area contributed by atoms with Crippen LogP contribution >= 0.6 is 11.3 Å². The molecule has 0 aliphatic carbocycles. The third-order valence-electron chi connectivity index (χ3n) is 4.59. The first kappa shape index (κ1) is 16.0. The number of nitrogens with zero attached hydrogens (tertiary/aromatic N) is 2. The zero-order valence-electron chi connectivity index (χ0n) is 13.4. The highest BCUT2D eigenvalue weighted by Gasteiger charge is 2.50. The molecular weight excluding hydrogens is 314 g/mol. The molecule has 2 atom stereocenters. The van der Waals surface area contributed by atoms with Crippen molar-refractivity contribution < 1.29 is 14.4 Å². The van der Waals surface area contributed by atoms with Crippen molar-refractivity contribution >= 4 is 29.2 Å². The summed E-state index contributed by atoms with van der Waals surface area (Å²) in [6, 6.07) is 3.16. The number of urea groups is 1. The van der Waals surface area contributed by atoms with Crippen LogP contribution in [-0.2, 0) is 15.1 Å². The van der Waals surface area contributed by atoms with E-state index in [0.29, 0.717) is 19.0 Å². The molecule has 2 saturated heterocycles. The van der Waals surface area contributed by atoms with E-state index in [-0.39, 0.29) is 18.4 Å². The van der Waals surface area contributed by atoms with Gasteiger partial charge in [0.15, 0.2) is 5.54 Å². The topological polar surface area (TPSA) is 69.7 Å². The van der Waals surface area contributed by atoms with Gasteiger partial charge in [-0.15, -0.1) is 11.3 Å². The van der Waals surface area contributed by atoms with Gasteiger partial charge in [-0.05, 0) is 37.1 Å². The Kier molecular flexibility index (Phi) is 4.14. The summed E-state index contributed by atoms with van der Waals surface area (Å²) in [5.74, 6) is -0.0500. The summed E-state index contributed by atoms with van der Waals surface area (Å²) in [6.07, 6.45) is 2.09. The summed E-state index contributed by atoms with van der Waals surface area (Å²) >= 11 is 1.42. The zero-order valence-corrected chi connectivity index (χ0v) is 14.2. The van der Waals surface area contributed by atoms with Crippen LogP contribution in [0.5, 0.6) is 0 Å². The van der Waals surface area contributed by atoms with Gasteiger partial charge in [-0.25, -0.2) is 4.79 Å². The van der Waals surface area contributed by atoms with Crippen LogP contribution < -0.4 is 5.32 Å². The lowest BCUT2D eigenvalue weighted by atomic mass is 10.00. The van der Waals surface area contributed by atoms with Gasteiger partial charge >= 0.3 is 6.03 Å². The van der Waals surface area contributed by atoms with E-state index in [1.165, 1.54) is 11.3 Å². The highest BCUT2D eigenvalue weighted by Crippen LogP contribution is 2.31. The maximum absolute atomic E-state index is 12.7. The normalized spacial score (nSPS) is 28.2. The van der Waals surface area contributed by atoms with Gasteiger partial charge in [0.25, 0.3) is 5.91 Å². The first-order valence-corrected chi connectivity index (χ1v) is 8.75. The summed E-state index contributed by atoms with van der Waals surface area (Å²) in [5, 5.41) is 4.59. The summed E-state index contributed by atoms with van der Waals surface area (Å²) in [6.45, 7) is 5.02. The number of thiophene rings is 1. The molecule has 1 N–H and O–H groups in total. The molecule has 2 aliphatic rings. The number of likely N-dealkylation sites (tertiary alicyclic amines) is 1. The molecule has 2 fully saturated rings. The van der Waals surface area contributed by atoms with Gasteiger partial charge in [-0.1, -0.05) is 13.0 Å². The van der Waals surface area contributed by atoms with Crippen molar-refractivity contribution in [2.24, 2.45) is 5.92 Å². The lowest BCUT2D eigenvalue weighted by Crippen LogP contribution is -2.47. The van der Waals surface area contributed by atoms with E-state index >= 15 is 0 Å². The van der Waals surface area contributed by atoms with Crippen LogP contribution in [0.15, 0.2) is 17.5 Å². The van der Waals surface area contributed by atoms with E-state index in [2.05, 4.69) is 12.2 Å². The van der Waals surface area contributed by atoms with Gasteiger partial charge in [0.2, 0.25) is 5.91 Å². The number of hydrogen-bond donors (Lipinski definition) is 1. The van der Waals surface area contributed by atoms with Gasteiger partial charge in [-0.2, -0.15) is 0 Å². The average molecular weight is 335 g/mol. The van der Waals surface area contributed by atoms with Gasteiger partial charge in [-0.3, -0.25) is 14.5 Å². The lowest BCUT2D eigenvalue weighted by Gasteiger charge is -2.31. The van der Waals surface area contributed by atoms with Crippen LogP contribution in [0, 0.1) is 5.92 Å². The molecule has 2 unspecified atom stereocenters. The van der Waals surface area contributed by atoms with E-state index in [1.807, 2.05) is 17.5 Å². The highest BCUT2D eigenvalue weighted by molar-refractivity contribution is 7.10. The molecule has 0 saturated carbocycles. The SMILES string of the molecule is CC1CCCN(C(=O)CN2C(=O)NC(C)(c3cccs3)C2=O)C1. The summed E-state index contributed by atoms with van der Waals surface area (Å²) in [4.78, 5) is 40.9. The Morgan fingerprint density at radius 2 is 2.26 bits per heavy atom. The van der Waals surface area contributed by atoms with Crippen molar-refractivity contribution in [3.63, 3.8) is 0 Å². The Balaban J connectivity index is 1.72. The number of hydrogen-bond acceptors (Lipinski definition) is 4. The number of piperidine rings is 1. The van der Waals surface area contributed by atoms with Crippen molar-refractivity contribution in [2.45, 2.75) is 32.2 Å². The fourth-order valence-corrected chi connectivity index (χ4v) is 4.06. The molecule has 0 bridgehead atoms. The molecular formula is C16H21N3O3S. The molecule has 2 aliphatic heterocycles. The Labute approximate surface area is 139 Å². The first-order valence-electron chi connectivity index (χ1n) is 7.87. The molecule has 3 rings (SSSR count). The number of nitrogens with one attached hydrogen (secondary N) is 1. The van der Waals surface area contributed by atoms with E-state index in [1.54, 1.807) is 11.8 Å². The van der Waals surface area contributed by atoms with Crippen LogP contribution in [0.3, 0.4) is 0 Å². The van der Waals surface area contributed by atoms with Crippen LogP contribution in [0.25, 0.3) is 0 Å². The maximum atomic E-state index is 12.7. The number of carbonyl (C=O) groups excluding carboxylic acids is 3. The Morgan fingerprint density at radius 1 is 1.48 bits per heavy atom. The second-order valence-corrected chi connectivity index (χ2v) is 7.46. The third-order valence-corrected chi connectivity index (χ3v) is 5.68. The lowest BCUT2D eigenvalue weighted by molar-refractivity contribution is -0.139. The average Bonchev–Trinajstić information content (AvgIpc) is 3.12. The monoisotopic (exact) mass is 335 g/mol. The first-order chi connectivity index (χ1) is 10.9. The van der Waals surface area contributed by atoms with Gasteiger partial charge in [0, 0.05) is 18.0 Å². The molecule has 23 heavy (non-hydrogen) atoms. The molecule has 0 radical (unpaired) electrons. The van der Waals surface area contributed by atoms with E-state index in [4.69, 9.17) is 0 Å². The van der Waals surface area contributed by atoms with Gasteiger partial charge in [0.1, 0.15) is 6.54 Å². The number of rotatable bonds is 3. The molecule has 0 aromatic carbocycles. The zero-order chi connectivity index (χ0) is 16.6. The van der Waals surface area contributed by atoms with Crippen molar-refractivity contribution in [1.29, 1.82) is 0 Å². The Bertz CT molecular complexity index is 631. The quantitative estimate of drug-likeness (QED) is 0.856. The van der Waals surface area contributed by atoms with Crippen LogP contribution in [0.4, 0.5) is 4.79 Å². The Hall–Kier alpha value is -1.89. The molecule has 6 nitrogen and oxygen atoms in total. The predicted octanol–water partition coefficient (Wildman–Crippen LogP) is 1.77. The summed E-state index contributed by atoms with van der Waals surface area (Å²) < 4.78 is 0. The predicted molar refractivity (Wildman–Crippen MR) is 86.9 cm³/mol. The second kappa shape index (κ2) is 5.96. The van der Waals surface area contributed by atoms with Crippen molar-refractivity contribution in [2.75, 3.05) is 19.6 Å². The van der Waals surface area contributed by atoms with Crippen molar-refractivity contribution in [3.8, 4) is 0 Å². The number of amides is 4. The molecule has 3 heterocycles. The highest BCUT2D eigenvalue weighted by atomic mass is 32.1. The minimum absolute atomic E-state index is 0.157. The fraction of sp³-hybridized carbons (Fsp3) is 0.562. The molecule has 1 aromatic rings. The van der Waals surface area contributed by atoms with Crippen LogP contribution in [-0.4, -0.2) is 47.3 Å². The number of imide groups is 1. The third kappa shape index (κ3) is 2.85. The van der Waals surface area contributed by atoms with Crippen molar-refractivity contribution in [3.05, 3.63) is 22.4 Å². The van der Waals surface area contributed by atoms with Crippen LogP contribution in [0.1, 0.15) is 31.6 Å². The molecule has 7 heteroatoms. The minimum atomic E-state index is -1.07. The molecule has 4 amide bonds. The van der Waals surface area contributed by atoms with Crippen LogP contribution in [0.2, 0.25) is 0 Å². The minimum Gasteiger partial charge on any atom is -0.341 e. The second-order valence-electron chi connectivity index (χ2n) is 6.51. The molecule has 1 aromatic heterocycles. The smallest absolute Gasteiger partial charge is 0.325 e. The fourth-order valence-electron chi connectivity index (χ4n) is 3.22. The van der Waals surface area contributed by atoms with Crippen molar-refractivity contribution in [1.82, 2.24) is 15.1 Å².